The van der Waals surface area contributed by atoms with Gasteiger partial charge in [-0.25, -0.2) is 13.6 Å². The lowest BCUT2D eigenvalue weighted by atomic mass is 10.1. The first-order chi connectivity index (χ1) is 8.59. The number of hydrogen-bond acceptors (Lipinski definition) is 4. The molecule has 0 atom stereocenters. The number of aliphatic hydroxyl groups excluding tert-OH is 1. The van der Waals surface area contributed by atoms with E-state index in [2.05, 4.69) is 5.32 Å². The van der Waals surface area contributed by atoms with Crippen LogP contribution in [-0.4, -0.2) is 59.0 Å². The van der Waals surface area contributed by atoms with E-state index in [4.69, 9.17) is 5.11 Å². The Balaban J connectivity index is 2.54. The number of carbonyl (C=O) groups excluding carboxylic acids is 3. The molecule has 108 valence electrons. The lowest BCUT2D eigenvalue weighted by Crippen LogP contribution is -2.46. The van der Waals surface area contributed by atoms with Gasteiger partial charge in [0.15, 0.2) is 0 Å². The van der Waals surface area contributed by atoms with E-state index >= 15 is 0 Å². The predicted octanol–water partition coefficient (Wildman–Crippen LogP) is -0.939. The molecular formula is C10H15F2N3O4. The molecule has 0 saturated carbocycles. The zero-order valence-corrected chi connectivity index (χ0v) is 10.5. The summed E-state index contributed by atoms with van der Waals surface area (Å²) >= 11 is 0. The molecule has 0 aromatic heterocycles. The lowest BCUT2D eigenvalue weighted by Gasteiger charge is -2.17. The molecule has 1 fully saturated rings. The van der Waals surface area contributed by atoms with Gasteiger partial charge in [-0.1, -0.05) is 0 Å². The third-order valence-electron chi connectivity index (χ3n) is 2.52. The molecule has 1 rings (SSSR count). The van der Waals surface area contributed by atoms with Crippen LogP contribution in [0.25, 0.3) is 0 Å². The Morgan fingerprint density at radius 1 is 1.47 bits per heavy atom. The second-order valence-electron chi connectivity index (χ2n) is 4.74. The van der Waals surface area contributed by atoms with E-state index in [0.717, 1.165) is 0 Å². The fourth-order valence-electron chi connectivity index (χ4n) is 1.44. The maximum Gasteiger partial charge on any atom is 0.325 e. The smallest absolute Gasteiger partial charge is 0.325 e. The minimum Gasteiger partial charge on any atom is -0.390 e. The van der Waals surface area contributed by atoms with Crippen LogP contribution in [0, 0.1) is 0 Å². The maximum atomic E-state index is 12.7. The topological polar surface area (TPSA) is 98.7 Å². The Morgan fingerprint density at radius 3 is 2.47 bits per heavy atom. The molecule has 0 aromatic rings. The monoisotopic (exact) mass is 279 g/mol. The largest absolute Gasteiger partial charge is 0.390 e. The normalized spacial score (nSPS) is 18.5. The van der Waals surface area contributed by atoms with Crippen LogP contribution in [0.1, 0.15) is 13.8 Å². The number of halogens is 2. The van der Waals surface area contributed by atoms with E-state index in [1.165, 1.54) is 13.8 Å². The summed E-state index contributed by atoms with van der Waals surface area (Å²) in [6, 6.07) is -0.751. The zero-order valence-electron chi connectivity index (χ0n) is 10.5. The van der Waals surface area contributed by atoms with Crippen molar-refractivity contribution >= 4 is 17.8 Å². The van der Waals surface area contributed by atoms with E-state index < -0.39 is 49.0 Å². The van der Waals surface area contributed by atoms with Crippen LogP contribution in [0.15, 0.2) is 0 Å². The van der Waals surface area contributed by atoms with Crippen molar-refractivity contribution in [1.29, 1.82) is 0 Å². The van der Waals surface area contributed by atoms with Gasteiger partial charge in [0.05, 0.1) is 6.54 Å². The van der Waals surface area contributed by atoms with Gasteiger partial charge < -0.3 is 15.7 Å². The molecule has 9 heteroatoms. The summed E-state index contributed by atoms with van der Waals surface area (Å²) in [5.41, 5.74) is -1.12. The highest BCUT2D eigenvalue weighted by Gasteiger charge is 2.45. The third kappa shape index (κ3) is 3.60. The first-order valence-corrected chi connectivity index (χ1v) is 5.48. The molecule has 0 aromatic carbocycles. The molecule has 0 bridgehead atoms. The van der Waals surface area contributed by atoms with Gasteiger partial charge >= 0.3 is 6.03 Å². The predicted molar refractivity (Wildman–Crippen MR) is 59.4 cm³/mol. The van der Waals surface area contributed by atoms with Crippen LogP contribution in [0.3, 0.4) is 0 Å². The number of rotatable bonds is 5. The number of hydrogen-bond donors (Lipinski definition) is 3. The number of aliphatic hydroxyl groups is 1. The average Bonchev–Trinajstić information content (AvgIpc) is 2.49. The van der Waals surface area contributed by atoms with Gasteiger partial charge in [-0.3, -0.25) is 14.5 Å². The number of urea groups is 1. The maximum absolute atomic E-state index is 12.7. The van der Waals surface area contributed by atoms with Crippen LogP contribution < -0.4 is 10.6 Å². The molecular weight excluding hydrogens is 264 g/mol. The van der Waals surface area contributed by atoms with Gasteiger partial charge in [-0.05, 0) is 13.8 Å². The Bertz CT molecular complexity index is 412. The zero-order chi connectivity index (χ0) is 14.8. The van der Waals surface area contributed by atoms with Crippen LogP contribution in [0.4, 0.5) is 13.6 Å². The minimum atomic E-state index is -3.44. The van der Waals surface area contributed by atoms with E-state index in [9.17, 15) is 23.2 Å². The summed E-state index contributed by atoms with van der Waals surface area (Å²) in [5, 5.41) is 12.5. The molecule has 7 nitrogen and oxygen atoms in total. The summed E-state index contributed by atoms with van der Waals surface area (Å²) in [6.07, 6.45) is 0. The van der Waals surface area contributed by atoms with Crippen molar-refractivity contribution in [3.8, 4) is 0 Å². The third-order valence-corrected chi connectivity index (χ3v) is 2.52. The number of nitrogens with one attached hydrogen (secondary N) is 2. The van der Waals surface area contributed by atoms with Crippen molar-refractivity contribution < 1.29 is 28.3 Å². The molecule has 0 aliphatic carbocycles. The Hall–Kier alpha value is -1.77. The van der Waals surface area contributed by atoms with Crippen LogP contribution in [0.2, 0.25) is 0 Å². The summed E-state index contributed by atoms with van der Waals surface area (Å²) in [5.74, 6) is -4.96. The number of carbonyl (C=O) groups is 3. The summed E-state index contributed by atoms with van der Waals surface area (Å²) in [6.45, 7) is -0.176. The highest BCUT2D eigenvalue weighted by Crippen LogP contribution is 2.16. The van der Waals surface area contributed by atoms with Crippen molar-refractivity contribution in [2.24, 2.45) is 0 Å². The summed E-state index contributed by atoms with van der Waals surface area (Å²) in [4.78, 5) is 35.1. The Kier molecular flexibility index (Phi) is 4.09. The van der Waals surface area contributed by atoms with E-state index in [-0.39, 0.29) is 0 Å². The molecule has 19 heavy (non-hydrogen) atoms. The molecule has 4 amide bonds. The average molecular weight is 279 g/mol. The molecule has 1 aliphatic heterocycles. The van der Waals surface area contributed by atoms with Gasteiger partial charge in [0.2, 0.25) is 5.91 Å². The lowest BCUT2D eigenvalue weighted by molar-refractivity contribution is -0.134. The number of imide groups is 1. The van der Waals surface area contributed by atoms with Crippen LogP contribution in [-0.2, 0) is 9.59 Å². The second kappa shape index (κ2) is 5.08. The van der Waals surface area contributed by atoms with Crippen LogP contribution in [0.5, 0.6) is 0 Å². The number of alkyl halides is 2. The Morgan fingerprint density at radius 2 is 2.05 bits per heavy atom. The molecule has 0 spiro atoms. The van der Waals surface area contributed by atoms with Crippen LogP contribution >= 0.6 is 0 Å². The van der Waals surface area contributed by atoms with E-state index in [1.54, 1.807) is 0 Å². The molecule has 0 radical (unpaired) electrons. The molecule has 3 N–H and O–H groups in total. The van der Waals surface area contributed by atoms with Gasteiger partial charge in [0.25, 0.3) is 11.8 Å². The van der Waals surface area contributed by atoms with Crippen molar-refractivity contribution in [3.05, 3.63) is 0 Å². The first kappa shape index (κ1) is 15.3. The van der Waals surface area contributed by atoms with E-state index in [1.807, 2.05) is 5.32 Å². The fraction of sp³-hybridized carbons (Fsp3) is 0.700. The SMILES string of the molecule is CC1(C)NC(=O)N(CC(=O)NCC(F)(F)CO)C1=O. The second-order valence-corrected chi connectivity index (χ2v) is 4.74. The first-order valence-electron chi connectivity index (χ1n) is 5.48. The molecule has 1 aliphatic rings. The quantitative estimate of drug-likeness (QED) is 0.566. The summed E-state index contributed by atoms with van der Waals surface area (Å²) in [7, 11) is 0. The van der Waals surface area contributed by atoms with Crippen molar-refractivity contribution in [1.82, 2.24) is 15.5 Å². The number of nitrogens with zero attached hydrogens (tertiary/aromatic N) is 1. The van der Waals surface area contributed by atoms with E-state index in [0.29, 0.717) is 4.90 Å². The van der Waals surface area contributed by atoms with Gasteiger partial charge in [-0.2, -0.15) is 0 Å². The van der Waals surface area contributed by atoms with Gasteiger partial charge in [0.1, 0.15) is 18.7 Å². The van der Waals surface area contributed by atoms with Gasteiger partial charge in [-0.15, -0.1) is 0 Å². The highest BCUT2D eigenvalue weighted by molar-refractivity contribution is 6.08. The van der Waals surface area contributed by atoms with Gasteiger partial charge in [0, 0.05) is 0 Å². The molecule has 1 heterocycles. The molecule has 0 unspecified atom stereocenters. The molecule has 1 saturated heterocycles. The van der Waals surface area contributed by atoms with Crippen molar-refractivity contribution in [3.63, 3.8) is 0 Å². The summed E-state index contributed by atoms with van der Waals surface area (Å²) < 4.78 is 25.4. The number of amides is 4. The Labute approximate surface area is 107 Å². The van der Waals surface area contributed by atoms with Crippen molar-refractivity contribution in [2.45, 2.75) is 25.3 Å². The van der Waals surface area contributed by atoms with Crippen molar-refractivity contribution in [2.75, 3.05) is 19.7 Å². The fourth-order valence-corrected chi connectivity index (χ4v) is 1.44. The standard InChI is InChI=1S/C10H15F2N3O4/c1-9(2)7(18)15(8(19)14-9)3-6(17)13-4-10(11,12)5-16/h16H,3-5H2,1-2H3,(H,13,17)(H,14,19). The minimum absolute atomic E-state index is 0.610. The highest BCUT2D eigenvalue weighted by atomic mass is 19.3.